The Bertz CT molecular complexity index is 853. The van der Waals surface area contributed by atoms with Crippen LogP contribution >= 0.6 is 11.8 Å². The van der Waals surface area contributed by atoms with Crippen molar-refractivity contribution in [2.24, 2.45) is 0 Å². The lowest BCUT2D eigenvalue weighted by Gasteiger charge is -2.08. The van der Waals surface area contributed by atoms with Crippen molar-refractivity contribution in [1.29, 1.82) is 0 Å². The van der Waals surface area contributed by atoms with E-state index in [-0.39, 0.29) is 17.3 Å². The minimum atomic E-state index is -0.898. The summed E-state index contributed by atoms with van der Waals surface area (Å²) >= 11 is 0.997. The van der Waals surface area contributed by atoms with Crippen molar-refractivity contribution in [1.82, 2.24) is 25.0 Å². The Labute approximate surface area is 139 Å². The van der Waals surface area contributed by atoms with Gasteiger partial charge in [-0.1, -0.05) is 11.8 Å². The zero-order chi connectivity index (χ0) is 17.1. The van der Waals surface area contributed by atoms with Crippen molar-refractivity contribution >= 4 is 17.5 Å². The summed E-state index contributed by atoms with van der Waals surface area (Å²) in [7, 11) is 0. The van der Waals surface area contributed by atoms with Crippen LogP contribution in [0.2, 0.25) is 0 Å². The average Bonchev–Trinajstić information content (AvgIpc) is 3.19. The van der Waals surface area contributed by atoms with Gasteiger partial charge in [0.05, 0.1) is 10.8 Å². The fourth-order valence-electron chi connectivity index (χ4n) is 1.92. The molecule has 3 aromatic rings. The fraction of sp³-hybridized carbons (Fsp3) is 0.214. The van der Waals surface area contributed by atoms with Gasteiger partial charge in [0.25, 0.3) is 5.22 Å². The zero-order valence-electron chi connectivity index (χ0n) is 12.4. The van der Waals surface area contributed by atoms with Gasteiger partial charge in [-0.25, -0.2) is 18.4 Å². The smallest absolute Gasteiger partial charge is 0.277 e. The van der Waals surface area contributed by atoms with Crippen molar-refractivity contribution in [2.75, 3.05) is 0 Å². The standard InChI is InChI=1S/C14H11F2N5O2S/c1-8(13(22)10-3-2-9(15)4-11(10)16)24-14-20-19-12(23-14)5-21-7-17-6-18-21/h2-4,6-8H,5H2,1H3. The first-order valence-electron chi connectivity index (χ1n) is 6.83. The van der Waals surface area contributed by atoms with E-state index < -0.39 is 22.7 Å². The van der Waals surface area contributed by atoms with E-state index in [9.17, 15) is 13.6 Å². The van der Waals surface area contributed by atoms with Crippen molar-refractivity contribution in [3.8, 4) is 0 Å². The second-order valence-electron chi connectivity index (χ2n) is 4.80. The average molecular weight is 351 g/mol. The van der Waals surface area contributed by atoms with Gasteiger partial charge in [0, 0.05) is 6.07 Å². The van der Waals surface area contributed by atoms with Crippen LogP contribution in [-0.4, -0.2) is 36.0 Å². The van der Waals surface area contributed by atoms with Crippen LogP contribution in [0.25, 0.3) is 0 Å². The highest BCUT2D eigenvalue weighted by atomic mass is 32.2. The number of benzene rings is 1. The van der Waals surface area contributed by atoms with Crippen LogP contribution < -0.4 is 0 Å². The quantitative estimate of drug-likeness (QED) is 0.498. The van der Waals surface area contributed by atoms with E-state index in [2.05, 4.69) is 20.3 Å². The summed E-state index contributed by atoms with van der Waals surface area (Å²) in [5.41, 5.74) is -0.182. The van der Waals surface area contributed by atoms with Gasteiger partial charge in [-0.2, -0.15) is 5.10 Å². The van der Waals surface area contributed by atoms with Crippen LogP contribution in [0.3, 0.4) is 0 Å². The topological polar surface area (TPSA) is 86.7 Å². The first kappa shape index (κ1) is 16.2. The first-order chi connectivity index (χ1) is 11.5. The number of aromatic nitrogens is 5. The molecule has 1 atom stereocenters. The van der Waals surface area contributed by atoms with Gasteiger partial charge in [-0.3, -0.25) is 4.79 Å². The van der Waals surface area contributed by atoms with E-state index in [0.717, 1.165) is 23.9 Å². The summed E-state index contributed by atoms with van der Waals surface area (Å²) in [5.74, 6) is -1.83. The number of hydrogen-bond donors (Lipinski definition) is 0. The molecule has 1 aromatic carbocycles. The van der Waals surface area contributed by atoms with E-state index in [1.165, 1.54) is 17.3 Å². The van der Waals surface area contributed by atoms with Gasteiger partial charge in [0.15, 0.2) is 5.78 Å². The molecule has 0 aliphatic heterocycles. The second-order valence-corrected chi connectivity index (χ2v) is 6.10. The molecule has 0 spiro atoms. The number of rotatable bonds is 6. The summed E-state index contributed by atoms with van der Waals surface area (Å²) in [6, 6.07) is 2.83. The highest BCUT2D eigenvalue weighted by molar-refractivity contribution is 8.00. The lowest BCUT2D eigenvalue weighted by atomic mass is 10.1. The van der Waals surface area contributed by atoms with Crippen molar-refractivity contribution in [3.05, 3.63) is 53.9 Å². The monoisotopic (exact) mass is 351 g/mol. The molecule has 0 fully saturated rings. The Balaban J connectivity index is 1.67. The maximum Gasteiger partial charge on any atom is 0.277 e. The predicted octanol–water partition coefficient (Wildman–Crippen LogP) is 2.35. The van der Waals surface area contributed by atoms with Crippen molar-refractivity contribution in [3.63, 3.8) is 0 Å². The summed E-state index contributed by atoms with van der Waals surface area (Å²) in [4.78, 5) is 16.0. The molecule has 1 unspecified atom stereocenters. The fourth-order valence-corrected chi connectivity index (χ4v) is 2.68. The van der Waals surface area contributed by atoms with Gasteiger partial charge in [0.2, 0.25) is 5.89 Å². The number of thioether (sulfide) groups is 1. The molecule has 7 nitrogen and oxygen atoms in total. The van der Waals surface area contributed by atoms with Gasteiger partial charge in [-0.05, 0) is 19.1 Å². The Morgan fingerprint density at radius 3 is 2.92 bits per heavy atom. The second kappa shape index (κ2) is 6.87. The number of carbonyl (C=O) groups is 1. The highest BCUT2D eigenvalue weighted by Gasteiger charge is 2.22. The third-order valence-corrected chi connectivity index (χ3v) is 3.99. The van der Waals surface area contributed by atoms with Crippen LogP contribution in [0.1, 0.15) is 23.2 Å². The molecule has 2 heterocycles. The summed E-state index contributed by atoms with van der Waals surface area (Å²) in [6.07, 6.45) is 2.88. The van der Waals surface area contributed by atoms with E-state index in [1.807, 2.05) is 0 Å². The van der Waals surface area contributed by atoms with Gasteiger partial charge < -0.3 is 4.42 Å². The number of nitrogens with zero attached hydrogens (tertiary/aromatic N) is 5. The number of hydrogen-bond acceptors (Lipinski definition) is 7. The van der Waals surface area contributed by atoms with Crippen molar-refractivity contribution < 1.29 is 18.0 Å². The maximum absolute atomic E-state index is 13.7. The van der Waals surface area contributed by atoms with E-state index in [1.54, 1.807) is 6.92 Å². The number of halogens is 2. The molecular weight excluding hydrogens is 340 g/mol. The summed E-state index contributed by atoms with van der Waals surface area (Å²) in [6.45, 7) is 1.83. The third kappa shape index (κ3) is 3.65. The molecule has 124 valence electrons. The van der Waals surface area contributed by atoms with E-state index >= 15 is 0 Å². The molecule has 0 saturated heterocycles. The molecule has 0 aliphatic carbocycles. The van der Waals surface area contributed by atoms with Crippen LogP contribution in [0, 0.1) is 11.6 Å². The lowest BCUT2D eigenvalue weighted by Crippen LogP contribution is -2.15. The minimum Gasteiger partial charge on any atom is -0.414 e. The molecule has 0 aliphatic rings. The highest BCUT2D eigenvalue weighted by Crippen LogP contribution is 2.25. The molecule has 0 radical (unpaired) electrons. The van der Waals surface area contributed by atoms with Crippen LogP contribution in [0.5, 0.6) is 0 Å². The Kier molecular flexibility index (Phi) is 4.65. The predicted molar refractivity (Wildman–Crippen MR) is 79.4 cm³/mol. The molecule has 0 N–H and O–H groups in total. The Morgan fingerprint density at radius 2 is 2.21 bits per heavy atom. The van der Waals surface area contributed by atoms with Crippen LogP contribution in [-0.2, 0) is 6.54 Å². The summed E-state index contributed by atoms with van der Waals surface area (Å²) in [5, 5.41) is 11.1. The van der Waals surface area contributed by atoms with E-state index in [0.29, 0.717) is 12.0 Å². The van der Waals surface area contributed by atoms with Crippen molar-refractivity contribution in [2.45, 2.75) is 23.9 Å². The maximum atomic E-state index is 13.7. The molecule has 0 amide bonds. The first-order valence-corrected chi connectivity index (χ1v) is 7.71. The molecule has 24 heavy (non-hydrogen) atoms. The van der Waals surface area contributed by atoms with Crippen LogP contribution in [0.15, 0.2) is 40.5 Å². The summed E-state index contributed by atoms with van der Waals surface area (Å²) < 4.78 is 33.5. The van der Waals surface area contributed by atoms with Crippen LogP contribution in [0.4, 0.5) is 8.78 Å². The van der Waals surface area contributed by atoms with E-state index in [4.69, 9.17) is 4.42 Å². The molecule has 2 aromatic heterocycles. The molecular formula is C14H11F2N5O2S. The normalized spacial score (nSPS) is 12.3. The Hall–Kier alpha value is -2.62. The molecule has 10 heteroatoms. The lowest BCUT2D eigenvalue weighted by molar-refractivity contribution is 0.0989. The molecule has 0 saturated carbocycles. The largest absolute Gasteiger partial charge is 0.414 e. The number of Topliss-reactive ketones (excluding diaryl/α,β-unsaturated/α-hetero) is 1. The SMILES string of the molecule is CC(Sc1nnc(Cn2cncn2)o1)C(=O)c1ccc(F)cc1F. The van der Waals surface area contributed by atoms with Gasteiger partial charge in [0.1, 0.15) is 30.8 Å². The third-order valence-electron chi connectivity index (χ3n) is 3.06. The number of carbonyl (C=O) groups excluding carboxylic acids is 1. The van der Waals surface area contributed by atoms with Gasteiger partial charge in [-0.15, -0.1) is 10.2 Å². The van der Waals surface area contributed by atoms with Gasteiger partial charge >= 0.3 is 0 Å². The minimum absolute atomic E-state index is 0.175. The zero-order valence-corrected chi connectivity index (χ0v) is 13.2. The molecule has 0 bridgehead atoms. The Morgan fingerprint density at radius 1 is 1.38 bits per heavy atom. The molecule has 3 rings (SSSR count). The number of ketones is 1.